The van der Waals surface area contributed by atoms with Gasteiger partial charge in [0.2, 0.25) is 5.91 Å². The molecule has 3 rings (SSSR count). The van der Waals surface area contributed by atoms with E-state index >= 15 is 0 Å². The molecule has 0 atom stereocenters. The minimum absolute atomic E-state index is 0.0447. The molecule has 1 aromatic heterocycles. The van der Waals surface area contributed by atoms with Crippen LogP contribution < -0.4 is 14.8 Å². The molecule has 2 heterocycles. The zero-order valence-electron chi connectivity index (χ0n) is 12.5. The van der Waals surface area contributed by atoms with Crippen molar-refractivity contribution in [3.05, 3.63) is 18.5 Å². The van der Waals surface area contributed by atoms with Crippen LogP contribution >= 0.6 is 0 Å². The summed E-state index contributed by atoms with van der Waals surface area (Å²) in [5, 5.41) is 2.94. The van der Waals surface area contributed by atoms with Crippen LogP contribution in [0.3, 0.4) is 0 Å². The third-order valence-corrected chi connectivity index (χ3v) is 3.11. The van der Waals surface area contributed by atoms with E-state index in [4.69, 9.17) is 9.47 Å². The molecule has 1 aliphatic heterocycles. The van der Waals surface area contributed by atoms with Crippen LogP contribution in [0.4, 0.5) is 0 Å². The second-order valence-electron chi connectivity index (χ2n) is 6.16. The molecule has 0 unspecified atom stereocenters. The Kier molecular flexibility index (Phi) is 3.23. The van der Waals surface area contributed by atoms with Crippen LogP contribution in [0.15, 0.2) is 18.5 Å². The number of ether oxygens (including phenoxy) is 2. The van der Waals surface area contributed by atoms with Crippen LogP contribution in [0.25, 0.3) is 11.0 Å². The van der Waals surface area contributed by atoms with Gasteiger partial charge in [0.05, 0.1) is 17.4 Å². The monoisotopic (exact) mass is 289 g/mol. The fraction of sp³-hybridized carbons (Fsp3) is 0.467. The SMILES string of the molecule is CC(C)(C)NC(=O)Cn1cnc2cc3c(cc21)OCCO3. The summed E-state index contributed by atoms with van der Waals surface area (Å²) in [4.78, 5) is 16.4. The molecule has 0 aliphatic carbocycles. The molecule has 21 heavy (non-hydrogen) atoms. The number of nitrogens with one attached hydrogen (secondary N) is 1. The minimum Gasteiger partial charge on any atom is -0.486 e. The van der Waals surface area contributed by atoms with E-state index in [9.17, 15) is 4.79 Å². The average molecular weight is 289 g/mol. The number of benzene rings is 1. The highest BCUT2D eigenvalue weighted by atomic mass is 16.6. The Hall–Kier alpha value is -2.24. The molecule has 0 radical (unpaired) electrons. The molecule has 0 spiro atoms. The van der Waals surface area contributed by atoms with Crippen LogP contribution in [0.5, 0.6) is 11.5 Å². The van der Waals surface area contributed by atoms with Gasteiger partial charge >= 0.3 is 0 Å². The number of hydrogen-bond acceptors (Lipinski definition) is 4. The average Bonchev–Trinajstić information content (AvgIpc) is 2.76. The normalized spacial score (nSPS) is 14.2. The van der Waals surface area contributed by atoms with Gasteiger partial charge in [-0.1, -0.05) is 0 Å². The van der Waals surface area contributed by atoms with Crippen molar-refractivity contribution in [1.82, 2.24) is 14.9 Å². The highest BCUT2D eigenvalue weighted by Crippen LogP contribution is 2.34. The maximum atomic E-state index is 12.0. The molecule has 0 saturated carbocycles. The zero-order valence-corrected chi connectivity index (χ0v) is 12.5. The van der Waals surface area contributed by atoms with Crippen LogP contribution in [0, 0.1) is 0 Å². The molecule has 0 bridgehead atoms. The Morgan fingerprint density at radius 2 is 1.95 bits per heavy atom. The maximum Gasteiger partial charge on any atom is 0.240 e. The maximum absolute atomic E-state index is 12.0. The van der Waals surface area contributed by atoms with Crippen molar-refractivity contribution >= 4 is 16.9 Å². The number of carbonyl (C=O) groups is 1. The van der Waals surface area contributed by atoms with E-state index < -0.39 is 0 Å². The summed E-state index contributed by atoms with van der Waals surface area (Å²) in [6.45, 7) is 7.19. The Labute approximate surface area is 123 Å². The van der Waals surface area contributed by atoms with Gasteiger partial charge < -0.3 is 19.4 Å². The van der Waals surface area contributed by atoms with Crippen molar-refractivity contribution in [2.24, 2.45) is 0 Å². The van der Waals surface area contributed by atoms with Crippen LogP contribution in [-0.4, -0.2) is 34.2 Å². The van der Waals surface area contributed by atoms with E-state index in [2.05, 4.69) is 10.3 Å². The summed E-state index contributed by atoms with van der Waals surface area (Å²) in [7, 11) is 0. The molecule has 1 amide bonds. The number of fused-ring (bicyclic) bond motifs is 2. The van der Waals surface area contributed by atoms with Crippen molar-refractivity contribution in [2.45, 2.75) is 32.9 Å². The van der Waals surface area contributed by atoms with Gasteiger partial charge in [-0.3, -0.25) is 4.79 Å². The molecular weight excluding hydrogens is 270 g/mol. The van der Waals surface area contributed by atoms with Gasteiger partial charge in [-0.15, -0.1) is 0 Å². The van der Waals surface area contributed by atoms with Gasteiger partial charge in [-0.2, -0.15) is 0 Å². The number of imidazole rings is 1. The smallest absolute Gasteiger partial charge is 0.240 e. The quantitative estimate of drug-likeness (QED) is 0.914. The van der Waals surface area contributed by atoms with Crippen LogP contribution in [0.1, 0.15) is 20.8 Å². The van der Waals surface area contributed by atoms with E-state index in [1.165, 1.54) is 0 Å². The summed E-state index contributed by atoms with van der Waals surface area (Å²) < 4.78 is 12.9. The Morgan fingerprint density at radius 3 is 2.62 bits per heavy atom. The Bertz CT molecular complexity index is 685. The predicted molar refractivity (Wildman–Crippen MR) is 78.6 cm³/mol. The molecule has 0 saturated heterocycles. The highest BCUT2D eigenvalue weighted by molar-refractivity contribution is 5.83. The van der Waals surface area contributed by atoms with Crippen LogP contribution in [0.2, 0.25) is 0 Å². The number of hydrogen-bond donors (Lipinski definition) is 1. The lowest BCUT2D eigenvalue weighted by Gasteiger charge is -2.21. The Balaban J connectivity index is 1.88. The first-order chi connectivity index (χ1) is 9.92. The van der Waals surface area contributed by atoms with Crippen LogP contribution in [-0.2, 0) is 11.3 Å². The molecule has 112 valence electrons. The number of carbonyl (C=O) groups excluding carboxylic acids is 1. The van der Waals surface area contributed by atoms with Gasteiger partial charge in [0.1, 0.15) is 19.8 Å². The zero-order chi connectivity index (χ0) is 15.0. The van der Waals surface area contributed by atoms with Gasteiger partial charge in [-0.05, 0) is 20.8 Å². The minimum atomic E-state index is -0.246. The molecule has 6 nitrogen and oxygen atoms in total. The third-order valence-electron chi connectivity index (χ3n) is 3.11. The lowest BCUT2D eigenvalue weighted by Crippen LogP contribution is -2.42. The summed E-state index contributed by atoms with van der Waals surface area (Å²) in [6.07, 6.45) is 1.67. The van der Waals surface area contributed by atoms with Gasteiger partial charge in [0.25, 0.3) is 0 Å². The number of aromatic nitrogens is 2. The van der Waals surface area contributed by atoms with Crippen molar-refractivity contribution < 1.29 is 14.3 Å². The summed E-state index contributed by atoms with van der Waals surface area (Å²) >= 11 is 0. The number of rotatable bonds is 2. The van der Waals surface area contributed by atoms with E-state index in [0.29, 0.717) is 24.7 Å². The predicted octanol–water partition coefficient (Wildman–Crippen LogP) is 1.72. The first-order valence-corrected chi connectivity index (χ1v) is 6.98. The lowest BCUT2D eigenvalue weighted by molar-refractivity contribution is -0.123. The van der Waals surface area contributed by atoms with E-state index in [0.717, 1.165) is 11.0 Å². The molecule has 1 aromatic carbocycles. The van der Waals surface area contributed by atoms with Crippen molar-refractivity contribution in [1.29, 1.82) is 0 Å². The molecule has 1 N–H and O–H groups in total. The second kappa shape index (κ2) is 4.95. The first kappa shape index (κ1) is 13.7. The standard InChI is InChI=1S/C15H19N3O3/c1-15(2,3)17-14(19)8-18-9-16-10-6-12-13(7-11(10)18)21-5-4-20-12/h6-7,9H,4-5,8H2,1-3H3,(H,17,19). The first-order valence-electron chi connectivity index (χ1n) is 6.98. The largest absolute Gasteiger partial charge is 0.486 e. The van der Waals surface area contributed by atoms with E-state index in [1.54, 1.807) is 6.33 Å². The fourth-order valence-electron chi connectivity index (χ4n) is 2.33. The fourth-order valence-corrected chi connectivity index (χ4v) is 2.33. The molecule has 1 aliphatic rings. The molecular formula is C15H19N3O3. The van der Waals surface area contributed by atoms with E-state index in [1.807, 2.05) is 37.5 Å². The molecule has 0 fully saturated rings. The molecule has 2 aromatic rings. The van der Waals surface area contributed by atoms with Crippen molar-refractivity contribution in [3.8, 4) is 11.5 Å². The van der Waals surface area contributed by atoms with E-state index in [-0.39, 0.29) is 18.0 Å². The van der Waals surface area contributed by atoms with Crippen molar-refractivity contribution in [3.63, 3.8) is 0 Å². The highest BCUT2D eigenvalue weighted by Gasteiger charge is 2.18. The topological polar surface area (TPSA) is 65.4 Å². The lowest BCUT2D eigenvalue weighted by atomic mass is 10.1. The molecule has 6 heteroatoms. The summed E-state index contributed by atoms with van der Waals surface area (Å²) in [5.41, 5.74) is 1.41. The second-order valence-corrected chi connectivity index (χ2v) is 6.16. The number of amides is 1. The third kappa shape index (κ3) is 2.94. The van der Waals surface area contributed by atoms with Gasteiger partial charge in [-0.25, -0.2) is 4.98 Å². The summed E-state index contributed by atoms with van der Waals surface area (Å²) in [5.74, 6) is 1.36. The van der Waals surface area contributed by atoms with Gasteiger partial charge in [0.15, 0.2) is 11.5 Å². The number of nitrogens with zero attached hydrogens (tertiary/aromatic N) is 2. The Morgan fingerprint density at radius 1 is 1.29 bits per heavy atom. The van der Waals surface area contributed by atoms with Crippen molar-refractivity contribution in [2.75, 3.05) is 13.2 Å². The summed E-state index contributed by atoms with van der Waals surface area (Å²) in [6, 6.07) is 3.73. The van der Waals surface area contributed by atoms with Gasteiger partial charge in [0, 0.05) is 17.7 Å².